The molecule has 0 radical (unpaired) electrons. The van der Waals surface area contributed by atoms with Crippen LogP contribution in [0.5, 0.6) is 0 Å². The Bertz CT molecular complexity index is 369. The molecule has 2 heterocycles. The molecule has 5 heteroatoms. The van der Waals surface area contributed by atoms with Crippen molar-refractivity contribution in [2.45, 2.75) is 26.4 Å². The highest BCUT2D eigenvalue weighted by molar-refractivity contribution is 5.45. The monoisotopic (exact) mass is 222 g/mol. The van der Waals surface area contributed by atoms with Crippen LogP contribution >= 0.6 is 0 Å². The molecule has 2 N–H and O–H groups in total. The van der Waals surface area contributed by atoms with E-state index in [1.165, 1.54) is 0 Å². The molecule has 0 aromatic carbocycles. The minimum atomic E-state index is -0.224. The van der Waals surface area contributed by atoms with Crippen LogP contribution in [0.25, 0.3) is 0 Å². The Hall–Kier alpha value is -1.36. The average molecular weight is 222 g/mol. The summed E-state index contributed by atoms with van der Waals surface area (Å²) in [6.45, 7) is 6.32. The van der Waals surface area contributed by atoms with Crippen LogP contribution in [0.4, 0.5) is 11.8 Å². The minimum Gasteiger partial charge on any atom is -0.391 e. The number of aromatic nitrogens is 2. The van der Waals surface area contributed by atoms with Crippen molar-refractivity contribution in [1.82, 2.24) is 9.97 Å². The molecule has 88 valence electrons. The quantitative estimate of drug-likeness (QED) is 0.791. The number of hydrogen-bond acceptors (Lipinski definition) is 5. The molecule has 1 aromatic rings. The smallest absolute Gasteiger partial charge is 0.224 e. The van der Waals surface area contributed by atoms with Gasteiger partial charge in [-0.15, -0.1) is 0 Å². The van der Waals surface area contributed by atoms with Gasteiger partial charge in [-0.2, -0.15) is 4.98 Å². The number of nitrogens with one attached hydrogen (secondary N) is 1. The number of β-amino-alcohol motifs (C(OH)–C–C–N with tert-alkyl or cyclic N) is 1. The summed E-state index contributed by atoms with van der Waals surface area (Å²) in [5.41, 5.74) is 0.947. The van der Waals surface area contributed by atoms with Gasteiger partial charge in [-0.05, 0) is 20.3 Å². The molecule has 1 fully saturated rings. The van der Waals surface area contributed by atoms with Crippen molar-refractivity contribution < 1.29 is 5.11 Å². The molecular formula is C11H18N4O. The van der Waals surface area contributed by atoms with Gasteiger partial charge in [0.05, 0.1) is 6.10 Å². The number of nitrogens with zero attached hydrogens (tertiary/aromatic N) is 3. The topological polar surface area (TPSA) is 61.3 Å². The van der Waals surface area contributed by atoms with Crippen molar-refractivity contribution in [1.29, 1.82) is 0 Å². The van der Waals surface area contributed by atoms with Crippen LogP contribution in [-0.2, 0) is 0 Å². The van der Waals surface area contributed by atoms with Crippen LogP contribution in [0.2, 0.25) is 0 Å². The summed E-state index contributed by atoms with van der Waals surface area (Å²) in [7, 11) is 0. The van der Waals surface area contributed by atoms with Crippen molar-refractivity contribution in [3.8, 4) is 0 Å². The highest BCUT2D eigenvalue weighted by Gasteiger charge is 2.21. The third kappa shape index (κ3) is 2.41. The second-order valence-electron chi connectivity index (χ2n) is 4.11. The first kappa shape index (κ1) is 11.1. The molecular weight excluding hydrogens is 204 g/mol. The normalized spacial score (nSPS) is 20.2. The van der Waals surface area contributed by atoms with Gasteiger partial charge in [0.1, 0.15) is 5.82 Å². The van der Waals surface area contributed by atoms with E-state index < -0.39 is 0 Å². The summed E-state index contributed by atoms with van der Waals surface area (Å²) < 4.78 is 0. The summed E-state index contributed by atoms with van der Waals surface area (Å²) in [5.74, 6) is 1.57. The van der Waals surface area contributed by atoms with Crippen molar-refractivity contribution in [3.63, 3.8) is 0 Å². The summed E-state index contributed by atoms with van der Waals surface area (Å²) in [4.78, 5) is 10.8. The zero-order valence-corrected chi connectivity index (χ0v) is 9.77. The number of aryl methyl sites for hydroxylation is 1. The molecule has 0 saturated carbocycles. The zero-order valence-electron chi connectivity index (χ0n) is 9.77. The number of aliphatic hydroxyl groups is 1. The van der Waals surface area contributed by atoms with Gasteiger partial charge in [-0.3, -0.25) is 0 Å². The fourth-order valence-corrected chi connectivity index (χ4v) is 1.90. The molecule has 0 aliphatic carbocycles. The van der Waals surface area contributed by atoms with Crippen molar-refractivity contribution >= 4 is 11.8 Å². The van der Waals surface area contributed by atoms with Gasteiger partial charge in [0.25, 0.3) is 0 Å². The van der Waals surface area contributed by atoms with E-state index in [2.05, 4.69) is 20.2 Å². The third-order valence-corrected chi connectivity index (χ3v) is 2.66. The molecule has 0 bridgehead atoms. The Kier molecular flexibility index (Phi) is 3.24. The first-order valence-electron chi connectivity index (χ1n) is 5.71. The SMILES string of the molecule is CCNc1nc(C)cc(N2CCC(O)C2)n1. The first-order valence-corrected chi connectivity index (χ1v) is 5.71. The number of rotatable bonds is 3. The van der Waals surface area contributed by atoms with Crippen molar-refractivity contribution in [2.75, 3.05) is 29.9 Å². The van der Waals surface area contributed by atoms with E-state index in [0.717, 1.165) is 31.0 Å². The van der Waals surface area contributed by atoms with Gasteiger partial charge in [0.15, 0.2) is 0 Å². The molecule has 0 spiro atoms. The van der Waals surface area contributed by atoms with E-state index in [1.54, 1.807) is 0 Å². The van der Waals surface area contributed by atoms with Gasteiger partial charge in [-0.25, -0.2) is 4.98 Å². The Morgan fingerprint density at radius 1 is 1.56 bits per heavy atom. The Balaban J connectivity index is 2.20. The summed E-state index contributed by atoms with van der Waals surface area (Å²) in [6, 6.07) is 1.96. The van der Waals surface area contributed by atoms with E-state index >= 15 is 0 Å². The van der Waals surface area contributed by atoms with Crippen LogP contribution in [0.1, 0.15) is 19.0 Å². The number of hydrogen-bond donors (Lipinski definition) is 2. The second-order valence-corrected chi connectivity index (χ2v) is 4.11. The van der Waals surface area contributed by atoms with Crippen LogP contribution in [0.15, 0.2) is 6.07 Å². The van der Waals surface area contributed by atoms with E-state index in [1.807, 2.05) is 19.9 Å². The Morgan fingerprint density at radius 3 is 3.00 bits per heavy atom. The maximum absolute atomic E-state index is 9.50. The lowest BCUT2D eigenvalue weighted by molar-refractivity contribution is 0.198. The van der Waals surface area contributed by atoms with Gasteiger partial charge in [0.2, 0.25) is 5.95 Å². The van der Waals surface area contributed by atoms with E-state index in [9.17, 15) is 5.11 Å². The Morgan fingerprint density at radius 2 is 2.38 bits per heavy atom. The minimum absolute atomic E-state index is 0.224. The molecule has 5 nitrogen and oxygen atoms in total. The van der Waals surface area contributed by atoms with Gasteiger partial charge in [-0.1, -0.05) is 0 Å². The second kappa shape index (κ2) is 4.65. The summed E-state index contributed by atoms with van der Waals surface area (Å²) >= 11 is 0. The van der Waals surface area contributed by atoms with Crippen LogP contribution in [0, 0.1) is 6.92 Å². The number of anilines is 2. The standard InChI is InChI=1S/C11H18N4O/c1-3-12-11-13-8(2)6-10(14-11)15-5-4-9(16)7-15/h6,9,16H,3-5,7H2,1-2H3,(H,12,13,14). The summed E-state index contributed by atoms with van der Waals surface area (Å²) in [6.07, 6.45) is 0.595. The van der Waals surface area contributed by atoms with Gasteiger partial charge >= 0.3 is 0 Å². The van der Waals surface area contributed by atoms with Gasteiger partial charge in [0, 0.05) is 31.4 Å². The van der Waals surface area contributed by atoms with Crippen molar-refractivity contribution in [3.05, 3.63) is 11.8 Å². The molecule has 2 rings (SSSR count). The Labute approximate surface area is 95.5 Å². The maximum Gasteiger partial charge on any atom is 0.224 e. The molecule has 1 unspecified atom stereocenters. The lowest BCUT2D eigenvalue weighted by atomic mass is 10.3. The highest BCUT2D eigenvalue weighted by atomic mass is 16.3. The fourth-order valence-electron chi connectivity index (χ4n) is 1.90. The predicted octanol–water partition coefficient (Wildman–Crippen LogP) is 0.788. The highest BCUT2D eigenvalue weighted by Crippen LogP contribution is 2.20. The fraction of sp³-hybridized carbons (Fsp3) is 0.636. The lowest BCUT2D eigenvalue weighted by Gasteiger charge is -2.17. The molecule has 1 aliphatic heterocycles. The molecule has 16 heavy (non-hydrogen) atoms. The first-order chi connectivity index (χ1) is 7.69. The predicted molar refractivity (Wildman–Crippen MR) is 63.8 cm³/mol. The third-order valence-electron chi connectivity index (χ3n) is 2.66. The molecule has 0 amide bonds. The average Bonchev–Trinajstić information content (AvgIpc) is 2.64. The van der Waals surface area contributed by atoms with E-state index in [0.29, 0.717) is 12.5 Å². The zero-order chi connectivity index (χ0) is 11.5. The van der Waals surface area contributed by atoms with E-state index in [4.69, 9.17) is 0 Å². The molecule has 1 aliphatic rings. The summed E-state index contributed by atoms with van der Waals surface area (Å²) in [5, 5.41) is 12.6. The maximum atomic E-state index is 9.50. The van der Waals surface area contributed by atoms with Gasteiger partial charge < -0.3 is 15.3 Å². The van der Waals surface area contributed by atoms with Crippen LogP contribution < -0.4 is 10.2 Å². The number of aliphatic hydroxyl groups excluding tert-OH is 1. The van der Waals surface area contributed by atoms with E-state index in [-0.39, 0.29) is 6.10 Å². The van der Waals surface area contributed by atoms with Crippen LogP contribution in [0.3, 0.4) is 0 Å². The van der Waals surface area contributed by atoms with Crippen LogP contribution in [-0.4, -0.2) is 40.8 Å². The molecule has 1 saturated heterocycles. The van der Waals surface area contributed by atoms with Crippen molar-refractivity contribution in [2.24, 2.45) is 0 Å². The lowest BCUT2D eigenvalue weighted by Crippen LogP contribution is -2.23. The molecule has 1 aromatic heterocycles. The molecule has 1 atom stereocenters. The largest absolute Gasteiger partial charge is 0.391 e.